The van der Waals surface area contributed by atoms with E-state index in [0.29, 0.717) is 17.6 Å². The van der Waals surface area contributed by atoms with E-state index >= 15 is 0 Å². The molecule has 1 N–H and O–H groups in total. The van der Waals surface area contributed by atoms with E-state index in [-0.39, 0.29) is 6.61 Å². The molecule has 0 aromatic heterocycles. The Hall–Kier alpha value is -2.81. The van der Waals surface area contributed by atoms with Crippen molar-refractivity contribution >= 4 is 16.7 Å². The molecule has 0 heterocycles. The van der Waals surface area contributed by atoms with E-state index in [2.05, 4.69) is 55.5 Å². The van der Waals surface area contributed by atoms with Gasteiger partial charge < -0.3 is 9.84 Å². The third-order valence-corrected chi connectivity index (χ3v) is 6.27. The molecule has 3 aromatic carbocycles. The highest BCUT2D eigenvalue weighted by Gasteiger charge is 2.28. The Morgan fingerprint density at radius 1 is 1.07 bits per heavy atom. The Morgan fingerprint density at radius 3 is 2.72 bits per heavy atom. The van der Waals surface area contributed by atoms with Crippen molar-refractivity contribution in [2.45, 2.75) is 44.4 Å². The zero-order valence-electron chi connectivity index (χ0n) is 16.9. The smallest absolute Gasteiger partial charge is 0.341 e. The zero-order valence-corrected chi connectivity index (χ0v) is 16.9. The molecule has 1 aliphatic carbocycles. The zero-order chi connectivity index (χ0) is 20.2. The van der Waals surface area contributed by atoms with Crippen LogP contribution in [0.15, 0.2) is 66.7 Å². The van der Waals surface area contributed by atoms with Crippen molar-refractivity contribution in [3.63, 3.8) is 0 Å². The highest BCUT2D eigenvalue weighted by Crippen LogP contribution is 2.43. The third kappa shape index (κ3) is 4.61. The van der Waals surface area contributed by atoms with E-state index in [1.165, 1.54) is 47.6 Å². The Balaban J connectivity index is 1.41. The number of hydrogen-bond acceptors (Lipinski definition) is 2. The molecule has 4 rings (SSSR count). The first kappa shape index (κ1) is 19.5. The highest BCUT2D eigenvalue weighted by atomic mass is 16.5. The molecule has 3 atom stereocenters. The first-order chi connectivity index (χ1) is 14.1. The summed E-state index contributed by atoms with van der Waals surface area (Å²) in [7, 11) is 0. The molecule has 0 aliphatic heterocycles. The lowest BCUT2D eigenvalue weighted by Crippen LogP contribution is -2.09. The first-order valence-corrected chi connectivity index (χ1v) is 10.5. The minimum atomic E-state index is -0.946. The molecule has 3 nitrogen and oxygen atoms in total. The van der Waals surface area contributed by atoms with Crippen LogP contribution >= 0.6 is 0 Å². The Morgan fingerprint density at radius 2 is 1.86 bits per heavy atom. The van der Waals surface area contributed by atoms with E-state index in [4.69, 9.17) is 9.84 Å². The number of fused-ring (bicyclic) bond motifs is 1. The second kappa shape index (κ2) is 8.69. The van der Waals surface area contributed by atoms with E-state index in [1.54, 1.807) is 0 Å². The standard InChI is InChI=1S/C26H28O3/c1-18(24-11-5-7-20-6-2-3-10-25(20)24)14-19-12-13-22(15-19)21-8-4-9-23(16-21)29-17-26(27)28/h2-11,16,18-19,22H,12-15,17H2,1H3,(H,27,28)/t18-,19?,22?/m0/s1. The van der Waals surface area contributed by atoms with Crippen molar-refractivity contribution in [1.29, 1.82) is 0 Å². The minimum absolute atomic E-state index is 0.292. The average molecular weight is 389 g/mol. The molecule has 29 heavy (non-hydrogen) atoms. The van der Waals surface area contributed by atoms with Gasteiger partial charge in [-0.25, -0.2) is 4.79 Å². The molecule has 0 spiro atoms. The average Bonchev–Trinajstić information content (AvgIpc) is 3.20. The number of ether oxygens (including phenoxy) is 1. The summed E-state index contributed by atoms with van der Waals surface area (Å²) in [6.45, 7) is 2.06. The fourth-order valence-corrected chi connectivity index (χ4v) is 4.90. The van der Waals surface area contributed by atoms with Crippen molar-refractivity contribution in [2.75, 3.05) is 6.61 Å². The Kier molecular flexibility index (Phi) is 5.84. The summed E-state index contributed by atoms with van der Waals surface area (Å²) in [5.74, 6) is 1.50. The van der Waals surface area contributed by atoms with Gasteiger partial charge in [-0.1, -0.05) is 61.5 Å². The largest absolute Gasteiger partial charge is 0.482 e. The molecule has 0 saturated heterocycles. The Labute approximate surface area is 172 Å². The number of carboxylic acids is 1. The Bertz CT molecular complexity index is 989. The monoisotopic (exact) mass is 388 g/mol. The van der Waals surface area contributed by atoms with Crippen molar-refractivity contribution in [1.82, 2.24) is 0 Å². The fraction of sp³-hybridized carbons (Fsp3) is 0.346. The maximum absolute atomic E-state index is 10.7. The highest BCUT2D eigenvalue weighted by molar-refractivity contribution is 5.86. The van der Waals surface area contributed by atoms with Gasteiger partial charge in [0.15, 0.2) is 6.61 Å². The minimum Gasteiger partial charge on any atom is -0.482 e. The molecule has 2 unspecified atom stereocenters. The van der Waals surface area contributed by atoms with Crippen LogP contribution in [-0.2, 0) is 4.79 Å². The lowest BCUT2D eigenvalue weighted by Gasteiger charge is -2.19. The van der Waals surface area contributed by atoms with Crippen molar-refractivity contribution in [2.24, 2.45) is 5.92 Å². The van der Waals surface area contributed by atoms with Gasteiger partial charge in [-0.3, -0.25) is 0 Å². The van der Waals surface area contributed by atoms with Gasteiger partial charge in [0.1, 0.15) is 5.75 Å². The van der Waals surface area contributed by atoms with Gasteiger partial charge in [0.05, 0.1) is 0 Å². The van der Waals surface area contributed by atoms with E-state index in [1.807, 2.05) is 18.2 Å². The first-order valence-electron chi connectivity index (χ1n) is 10.5. The summed E-state index contributed by atoms with van der Waals surface area (Å²) in [4.78, 5) is 10.7. The lowest BCUT2D eigenvalue weighted by molar-refractivity contribution is -0.139. The van der Waals surface area contributed by atoms with Crippen LogP contribution in [0.4, 0.5) is 0 Å². The lowest BCUT2D eigenvalue weighted by atomic mass is 9.86. The molecular weight excluding hydrogens is 360 g/mol. The molecule has 1 fully saturated rings. The van der Waals surface area contributed by atoms with E-state index in [9.17, 15) is 4.79 Å². The normalized spacial score (nSPS) is 19.9. The van der Waals surface area contributed by atoms with Crippen molar-refractivity contribution < 1.29 is 14.6 Å². The van der Waals surface area contributed by atoms with Crippen LogP contribution in [0.5, 0.6) is 5.75 Å². The second-order valence-corrected chi connectivity index (χ2v) is 8.34. The van der Waals surface area contributed by atoms with Crippen LogP contribution in [0.25, 0.3) is 10.8 Å². The van der Waals surface area contributed by atoms with Crippen molar-refractivity contribution in [3.05, 3.63) is 77.9 Å². The molecule has 3 heteroatoms. The van der Waals surface area contributed by atoms with Gasteiger partial charge in [0.2, 0.25) is 0 Å². The fourth-order valence-electron chi connectivity index (χ4n) is 4.90. The molecule has 0 radical (unpaired) electrons. The number of aliphatic carboxylic acids is 1. The molecule has 0 amide bonds. The summed E-state index contributed by atoms with van der Waals surface area (Å²) < 4.78 is 5.36. The molecule has 1 saturated carbocycles. The molecule has 150 valence electrons. The number of carbonyl (C=O) groups is 1. The van der Waals surface area contributed by atoms with Crippen LogP contribution in [-0.4, -0.2) is 17.7 Å². The summed E-state index contributed by atoms with van der Waals surface area (Å²) >= 11 is 0. The molecule has 3 aromatic rings. The number of hydrogen-bond donors (Lipinski definition) is 1. The van der Waals surface area contributed by atoms with Crippen LogP contribution in [0.3, 0.4) is 0 Å². The number of benzene rings is 3. The quantitative estimate of drug-likeness (QED) is 0.511. The van der Waals surface area contributed by atoms with Crippen LogP contribution in [0, 0.1) is 5.92 Å². The summed E-state index contributed by atoms with van der Waals surface area (Å²) in [6.07, 6.45) is 4.84. The van der Waals surface area contributed by atoms with Gasteiger partial charge in [-0.2, -0.15) is 0 Å². The van der Waals surface area contributed by atoms with Crippen LogP contribution in [0.1, 0.15) is 55.6 Å². The van der Waals surface area contributed by atoms with Gasteiger partial charge in [-0.15, -0.1) is 0 Å². The van der Waals surface area contributed by atoms with Crippen LogP contribution in [0.2, 0.25) is 0 Å². The maximum Gasteiger partial charge on any atom is 0.341 e. The molecule has 1 aliphatic rings. The molecule has 0 bridgehead atoms. The third-order valence-electron chi connectivity index (χ3n) is 6.27. The SMILES string of the molecule is C[C@@H](CC1CCC(c2cccc(OCC(=O)O)c2)C1)c1cccc2ccccc12. The predicted molar refractivity (Wildman–Crippen MR) is 117 cm³/mol. The predicted octanol–water partition coefficient (Wildman–Crippen LogP) is 6.38. The van der Waals surface area contributed by atoms with Gasteiger partial charge in [-0.05, 0) is 77.5 Å². The maximum atomic E-state index is 10.7. The van der Waals surface area contributed by atoms with Gasteiger partial charge >= 0.3 is 5.97 Å². The van der Waals surface area contributed by atoms with E-state index < -0.39 is 5.97 Å². The number of carboxylic acid groups (broad SMARTS) is 1. The summed E-state index contributed by atoms with van der Waals surface area (Å²) in [6, 6.07) is 23.3. The van der Waals surface area contributed by atoms with Crippen molar-refractivity contribution in [3.8, 4) is 5.75 Å². The van der Waals surface area contributed by atoms with Crippen LogP contribution < -0.4 is 4.74 Å². The van der Waals surface area contributed by atoms with Gasteiger partial charge in [0.25, 0.3) is 0 Å². The summed E-state index contributed by atoms with van der Waals surface area (Å²) in [5.41, 5.74) is 2.73. The summed E-state index contributed by atoms with van der Waals surface area (Å²) in [5, 5.41) is 11.5. The van der Waals surface area contributed by atoms with Gasteiger partial charge in [0, 0.05) is 0 Å². The van der Waals surface area contributed by atoms with E-state index in [0.717, 1.165) is 5.92 Å². The number of rotatable bonds is 7. The molecular formula is C26H28O3. The second-order valence-electron chi connectivity index (χ2n) is 8.34. The topological polar surface area (TPSA) is 46.5 Å².